The third kappa shape index (κ3) is 2.39. The van der Waals surface area contributed by atoms with Gasteiger partial charge in [-0.1, -0.05) is 0 Å². The molecule has 0 spiro atoms. The van der Waals surface area contributed by atoms with Crippen molar-refractivity contribution in [2.45, 2.75) is 25.3 Å². The molecule has 2 heterocycles. The molecule has 0 amide bonds. The van der Waals surface area contributed by atoms with E-state index in [2.05, 4.69) is 16.7 Å². The molecule has 0 aromatic rings. The number of piperidine rings is 1. The molecule has 13 heavy (non-hydrogen) atoms. The van der Waals surface area contributed by atoms with Crippen molar-refractivity contribution in [3.63, 3.8) is 0 Å². The van der Waals surface area contributed by atoms with Crippen LogP contribution in [0.5, 0.6) is 0 Å². The quantitative estimate of drug-likeness (QED) is 0.726. The van der Waals surface area contributed by atoms with Gasteiger partial charge in [-0.15, -0.1) is 0 Å². The molecule has 2 fully saturated rings. The molecule has 0 aromatic heterocycles. The van der Waals surface area contributed by atoms with E-state index >= 15 is 0 Å². The number of hydrogen-bond acceptors (Lipinski definition) is 3. The van der Waals surface area contributed by atoms with Gasteiger partial charge in [0.15, 0.2) is 0 Å². The van der Waals surface area contributed by atoms with Gasteiger partial charge >= 0.3 is 0 Å². The van der Waals surface area contributed by atoms with E-state index in [-0.39, 0.29) is 0 Å². The Kier molecular flexibility index (Phi) is 3.52. The second-order valence-electron chi connectivity index (χ2n) is 4.20. The molecule has 2 nitrogen and oxygen atoms in total. The summed E-state index contributed by atoms with van der Waals surface area (Å²) in [5.74, 6) is 3.21. The summed E-state index contributed by atoms with van der Waals surface area (Å²) in [7, 11) is 0. The Morgan fingerprint density at radius 2 is 2.31 bits per heavy atom. The lowest BCUT2D eigenvalue weighted by molar-refractivity contribution is 0.0958. The van der Waals surface area contributed by atoms with Gasteiger partial charge in [0.05, 0.1) is 0 Å². The highest BCUT2D eigenvalue weighted by molar-refractivity contribution is 7.99. The number of aliphatic hydroxyl groups excluding tert-OH is 1. The summed E-state index contributed by atoms with van der Waals surface area (Å²) in [5, 5.41) is 9.12. The molecule has 2 aliphatic rings. The van der Waals surface area contributed by atoms with Crippen molar-refractivity contribution in [1.82, 2.24) is 4.90 Å². The summed E-state index contributed by atoms with van der Waals surface area (Å²) in [6, 6.07) is 0.819. The van der Waals surface area contributed by atoms with E-state index in [1.807, 2.05) is 0 Å². The van der Waals surface area contributed by atoms with E-state index in [0.29, 0.717) is 12.5 Å². The zero-order valence-electron chi connectivity index (χ0n) is 8.11. The molecule has 1 N–H and O–H groups in total. The molecule has 2 saturated heterocycles. The topological polar surface area (TPSA) is 23.5 Å². The molecule has 2 atom stereocenters. The van der Waals surface area contributed by atoms with Crippen LogP contribution >= 0.6 is 11.8 Å². The minimum Gasteiger partial charge on any atom is -0.396 e. The fourth-order valence-electron chi connectivity index (χ4n) is 2.39. The Hall–Kier alpha value is 0.270. The second kappa shape index (κ2) is 4.67. The average Bonchev–Trinajstić information content (AvgIpc) is 2.71. The van der Waals surface area contributed by atoms with Gasteiger partial charge in [-0.3, -0.25) is 4.90 Å². The number of nitrogens with zero attached hydrogens (tertiary/aromatic N) is 1. The highest BCUT2D eigenvalue weighted by Gasteiger charge is 2.27. The largest absolute Gasteiger partial charge is 0.396 e. The van der Waals surface area contributed by atoms with Crippen LogP contribution in [0.1, 0.15) is 19.3 Å². The van der Waals surface area contributed by atoms with E-state index in [1.54, 1.807) is 0 Å². The van der Waals surface area contributed by atoms with Crippen LogP contribution in [0.4, 0.5) is 0 Å². The third-order valence-corrected chi connectivity index (χ3v) is 4.38. The maximum Gasteiger partial charge on any atom is 0.0471 e. The van der Waals surface area contributed by atoms with Crippen LogP contribution in [-0.4, -0.2) is 47.3 Å². The summed E-state index contributed by atoms with van der Waals surface area (Å²) in [6.07, 6.45) is 3.88. The fraction of sp³-hybridized carbons (Fsp3) is 1.00. The summed E-state index contributed by atoms with van der Waals surface area (Å²) in [5.41, 5.74) is 0. The molecular formula is C10H19NOS. The van der Waals surface area contributed by atoms with Gasteiger partial charge in [0.2, 0.25) is 0 Å². The Bertz CT molecular complexity index is 159. The number of thioether (sulfide) groups is 1. The molecule has 2 rings (SSSR count). The normalized spacial score (nSPS) is 36.7. The first-order valence-electron chi connectivity index (χ1n) is 5.33. The monoisotopic (exact) mass is 201 g/mol. The molecule has 0 aliphatic carbocycles. The number of aliphatic hydroxyl groups is 1. The standard InChI is InChI=1S/C10H19NOS/c12-7-9-2-1-4-11(6-9)10-3-5-13-8-10/h9-10,12H,1-8H2/t9-,10+/m1/s1. The van der Waals surface area contributed by atoms with Gasteiger partial charge in [-0.2, -0.15) is 11.8 Å². The van der Waals surface area contributed by atoms with Gasteiger partial charge < -0.3 is 5.11 Å². The van der Waals surface area contributed by atoms with Gasteiger partial charge in [-0.05, 0) is 37.5 Å². The molecule has 0 unspecified atom stereocenters. The molecule has 0 saturated carbocycles. The van der Waals surface area contributed by atoms with Crippen LogP contribution in [0.15, 0.2) is 0 Å². The van der Waals surface area contributed by atoms with Crippen LogP contribution in [0.2, 0.25) is 0 Å². The minimum atomic E-state index is 0.385. The van der Waals surface area contributed by atoms with Crippen LogP contribution in [0.25, 0.3) is 0 Å². The van der Waals surface area contributed by atoms with Crippen LogP contribution in [0.3, 0.4) is 0 Å². The zero-order chi connectivity index (χ0) is 9.10. The molecule has 0 radical (unpaired) electrons. The lowest BCUT2D eigenvalue weighted by Gasteiger charge is -2.35. The van der Waals surface area contributed by atoms with Crippen molar-refractivity contribution < 1.29 is 5.11 Å². The average molecular weight is 201 g/mol. The molecule has 0 bridgehead atoms. The van der Waals surface area contributed by atoms with Crippen molar-refractivity contribution in [2.24, 2.45) is 5.92 Å². The van der Waals surface area contributed by atoms with Gasteiger partial charge in [0.25, 0.3) is 0 Å². The van der Waals surface area contributed by atoms with Crippen LogP contribution in [0, 0.1) is 5.92 Å². The van der Waals surface area contributed by atoms with Crippen molar-refractivity contribution in [3.05, 3.63) is 0 Å². The molecular weight excluding hydrogens is 182 g/mol. The molecule has 76 valence electrons. The first-order chi connectivity index (χ1) is 6.40. The Balaban J connectivity index is 1.84. The lowest BCUT2D eigenvalue weighted by atomic mass is 9.97. The molecule has 0 aromatic carbocycles. The number of hydrogen-bond donors (Lipinski definition) is 1. The zero-order valence-corrected chi connectivity index (χ0v) is 8.93. The Morgan fingerprint density at radius 3 is 3.00 bits per heavy atom. The van der Waals surface area contributed by atoms with E-state index in [0.717, 1.165) is 12.6 Å². The van der Waals surface area contributed by atoms with E-state index in [4.69, 9.17) is 5.11 Å². The third-order valence-electron chi connectivity index (χ3n) is 3.23. The van der Waals surface area contributed by atoms with E-state index in [9.17, 15) is 0 Å². The van der Waals surface area contributed by atoms with Crippen molar-refractivity contribution in [1.29, 1.82) is 0 Å². The van der Waals surface area contributed by atoms with Gasteiger partial charge in [0.1, 0.15) is 0 Å². The van der Waals surface area contributed by atoms with Crippen molar-refractivity contribution in [3.8, 4) is 0 Å². The summed E-state index contributed by atoms with van der Waals surface area (Å²) >= 11 is 2.08. The van der Waals surface area contributed by atoms with Crippen LogP contribution in [-0.2, 0) is 0 Å². The van der Waals surface area contributed by atoms with E-state index < -0.39 is 0 Å². The Labute approximate surface area is 84.7 Å². The fourth-order valence-corrected chi connectivity index (χ4v) is 3.64. The number of likely N-dealkylation sites (tertiary alicyclic amines) is 1. The van der Waals surface area contributed by atoms with Gasteiger partial charge in [-0.25, -0.2) is 0 Å². The van der Waals surface area contributed by atoms with Crippen LogP contribution < -0.4 is 0 Å². The first kappa shape index (κ1) is 9.81. The Morgan fingerprint density at radius 1 is 1.38 bits per heavy atom. The SMILES string of the molecule is OC[C@@H]1CCCN([C@H]2CCSC2)C1. The maximum atomic E-state index is 9.12. The maximum absolute atomic E-state index is 9.12. The second-order valence-corrected chi connectivity index (χ2v) is 5.35. The summed E-state index contributed by atoms with van der Waals surface area (Å²) in [4.78, 5) is 2.60. The highest BCUT2D eigenvalue weighted by Crippen LogP contribution is 2.26. The summed E-state index contributed by atoms with van der Waals surface area (Å²) in [6.45, 7) is 2.79. The van der Waals surface area contributed by atoms with Crippen molar-refractivity contribution in [2.75, 3.05) is 31.2 Å². The number of rotatable bonds is 2. The predicted octanol–water partition coefficient (Wildman–Crippen LogP) is 1.20. The molecule has 2 aliphatic heterocycles. The van der Waals surface area contributed by atoms with E-state index in [1.165, 1.54) is 37.3 Å². The molecule has 3 heteroatoms. The summed E-state index contributed by atoms with van der Waals surface area (Å²) < 4.78 is 0. The lowest BCUT2D eigenvalue weighted by Crippen LogP contribution is -2.43. The minimum absolute atomic E-state index is 0.385. The van der Waals surface area contributed by atoms with Gasteiger partial charge in [0, 0.05) is 24.9 Å². The highest BCUT2D eigenvalue weighted by atomic mass is 32.2. The smallest absolute Gasteiger partial charge is 0.0471 e. The first-order valence-corrected chi connectivity index (χ1v) is 6.48. The predicted molar refractivity (Wildman–Crippen MR) is 57.1 cm³/mol. The van der Waals surface area contributed by atoms with Crippen molar-refractivity contribution >= 4 is 11.8 Å².